The summed E-state index contributed by atoms with van der Waals surface area (Å²) in [4.78, 5) is 22.5. The number of H-pyrrole nitrogens is 1. The Hall–Kier alpha value is -2.10. The van der Waals surface area contributed by atoms with E-state index in [1.807, 2.05) is 23.1 Å². The first-order chi connectivity index (χ1) is 10.2. The number of benzene rings is 1. The first-order valence-electron chi connectivity index (χ1n) is 7.58. The number of nitrogens with one attached hydrogen (secondary N) is 1. The molecule has 0 radical (unpaired) electrons. The fourth-order valence-electron chi connectivity index (χ4n) is 2.98. The molecule has 1 aromatic heterocycles. The Morgan fingerprint density at radius 2 is 2.05 bits per heavy atom. The van der Waals surface area contributed by atoms with Crippen LogP contribution >= 0.6 is 0 Å². The molecule has 4 nitrogen and oxygen atoms in total. The van der Waals surface area contributed by atoms with Crippen LogP contribution in [0.15, 0.2) is 30.3 Å². The molecule has 1 aromatic carbocycles. The number of hydrogen-bond acceptors (Lipinski definition) is 2. The second-order valence-electron chi connectivity index (χ2n) is 6.41. The molecule has 0 unspecified atom stereocenters. The fourth-order valence-corrected chi connectivity index (χ4v) is 2.98. The van der Waals surface area contributed by atoms with Gasteiger partial charge in [0.15, 0.2) is 0 Å². The van der Waals surface area contributed by atoms with Crippen molar-refractivity contribution in [3.63, 3.8) is 0 Å². The summed E-state index contributed by atoms with van der Waals surface area (Å²) in [5.74, 6) is 1.22. The van der Waals surface area contributed by atoms with Gasteiger partial charge in [-0.3, -0.25) is 4.79 Å². The van der Waals surface area contributed by atoms with Crippen LogP contribution in [-0.4, -0.2) is 27.3 Å². The lowest BCUT2D eigenvalue weighted by atomic mass is 10.1. The summed E-state index contributed by atoms with van der Waals surface area (Å²) in [6.45, 7) is 3.54. The number of nitrogens with zero attached hydrogens (tertiary/aromatic N) is 2. The van der Waals surface area contributed by atoms with Crippen LogP contribution in [0, 0.1) is 5.41 Å². The molecular formula is C17H19N3O. The van der Waals surface area contributed by atoms with Gasteiger partial charge in [0.1, 0.15) is 5.82 Å². The Kier molecular flexibility index (Phi) is 2.67. The quantitative estimate of drug-likeness (QED) is 0.920. The van der Waals surface area contributed by atoms with E-state index in [9.17, 15) is 4.79 Å². The number of carbonyl (C=O) groups is 1. The molecule has 2 heterocycles. The average molecular weight is 281 g/mol. The number of rotatable bonds is 2. The molecule has 0 bridgehead atoms. The van der Waals surface area contributed by atoms with Crippen LogP contribution in [0.25, 0.3) is 11.4 Å². The third kappa shape index (κ3) is 2.15. The molecule has 4 heteroatoms. The van der Waals surface area contributed by atoms with Crippen molar-refractivity contribution in [2.45, 2.75) is 32.7 Å². The van der Waals surface area contributed by atoms with Gasteiger partial charge in [-0.1, -0.05) is 37.3 Å². The van der Waals surface area contributed by atoms with E-state index in [-0.39, 0.29) is 5.41 Å². The Labute approximate surface area is 124 Å². The molecule has 2 aromatic rings. The van der Waals surface area contributed by atoms with Gasteiger partial charge in [-0.2, -0.15) is 0 Å². The molecule has 1 aliphatic carbocycles. The van der Waals surface area contributed by atoms with Crippen LogP contribution < -0.4 is 0 Å². The van der Waals surface area contributed by atoms with E-state index >= 15 is 0 Å². The van der Waals surface area contributed by atoms with Crippen LogP contribution in [0.4, 0.5) is 0 Å². The van der Waals surface area contributed by atoms with E-state index in [0.29, 0.717) is 12.5 Å². The van der Waals surface area contributed by atoms with Gasteiger partial charge in [-0.05, 0) is 12.8 Å². The minimum atomic E-state index is -0.0835. The molecule has 21 heavy (non-hydrogen) atoms. The Balaban J connectivity index is 1.59. The third-order valence-electron chi connectivity index (χ3n) is 4.68. The van der Waals surface area contributed by atoms with Crippen LogP contribution in [0.1, 0.15) is 31.2 Å². The zero-order valence-corrected chi connectivity index (χ0v) is 12.2. The first-order valence-corrected chi connectivity index (χ1v) is 7.58. The monoisotopic (exact) mass is 281 g/mol. The van der Waals surface area contributed by atoms with Crippen LogP contribution in [0.3, 0.4) is 0 Å². The Morgan fingerprint density at radius 3 is 2.76 bits per heavy atom. The third-order valence-corrected chi connectivity index (χ3v) is 4.68. The summed E-state index contributed by atoms with van der Waals surface area (Å²) in [6.07, 6.45) is 2.92. The molecule has 2 aliphatic rings. The van der Waals surface area contributed by atoms with Crippen molar-refractivity contribution in [2.24, 2.45) is 5.41 Å². The van der Waals surface area contributed by atoms with Crippen molar-refractivity contribution in [3.05, 3.63) is 41.7 Å². The van der Waals surface area contributed by atoms with Gasteiger partial charge in [0, 0.05) is 23.9 Å². The molecule has 1 aliphatic heterocycles. The van der Waals surface area contributed by atoms with Gasteiger partial charge in [0.05, 0.1) is 17.9 Å². The number of hydrogen-bond donors (Lipinski definition) is 1. The molecular weight excluding hydrogens is 262 g/mol. The van der Waals surface area contributed by atoms with E-state index < -0.39 is 0 Å². The van der Waals surface area contributed by atoms with Crippen molar-refractivity contribution in [1.82, 2.24) is 14.9 Å². The molecule has 108 valence electrons. The topological polar surface area (TPSA) is 49.0 Å². The number of amides is 1. The highest BCUT2D eigenvalue weighted by molar-refractivity contribution is 5.85. The number of imidazole rings is 1. The predicted octanol–water partition coefficient (Wildman–Crippen LogP) is 2.76. The van der Waals surface area contributed by atoms with Crippen LogP contribution in [0.5, 0.6) is 0 Å². The number of aromatic nitrogens is 2. The fraction of sp³-hybridized carbons (Fsp3) is 0.412. The summed E-state index contributed by atoms with van der Waals surface area (Å²) in [7, 11) is 0. The molecule has 4 rings (SSSR count). The average Bonchev–Trinajstić information content (AvgIpc) is 3.13. The van der Waals surface area contributed by atoms with E-state index in [1.54, 1.807) is 0 Å². The normalized spacial score (nSPS) is 19.2. The molecule has 1 saturated carbocycles. The maximum atomic E-state index is 12.5. The zero-order valence-electron chi connectivity index (χ0n) is 12.2. The maximum absolute atomic E-state index is 12.5. The van der Waals surface area contributed by atoms with E-state index in [4.69, 9.17) is 4.98 Å². The maximum Gasteiger partial charge on any atom is 0.228 e. The van der Waals surface area contributed by atoms with E-state index in [2.05, 4.69) is 24.0 Å². The van der Waals surface area contributed by atoms with Crippen molar-refractivity contribution in [2.75, 3.05) is 6.54 Å². The lowest BCUT2D eigenvalue weighted by molar-refractivity contribution is -0.137. The summed E-state index contributed by atoms with van der Waals surface area (Å²) in [5.41, 5.74) is 3.22. The van der Waals surface area contributed by atoms with Gasteiger partial charge < -0.3 is 9.88 Å². The summed E-state index contributed by atoms with van der Waals surface area (Å²) < 4.78 is 0. The van der Waals surface area contributed by atoms with Crippen molar-refractivity contribution >= 4 is 5.91 Å². The van der Waals surface area contributed by atoms with Crippen LogP contribution in [0.2, 0.25) is 0 Å². The van der Waals surface area contributed by atoms with Gasteiger partial charge in [0.25, 0.3) is 0 Å². The number of carbonyl (C=O) groups excluding carboxylic acids is 1. The highest BCUT2D eigenvalue weighted by Gasteiger charge is 2.47. The lowest BCUT2D eigenvalue weighted by Gasteiger charge is -2.28. The summed E-state index contributed by atoms with van der Waals surface area (Å²) in [5, 5.41) is 0. The Bertz CT molecular complexity index is 685. The SMILES string of the molecule is CC1(C(=O)N2CCc3nc(-c4ccccc4)[nH]c3C2)CC1. The van der Waals surface area contributed by atoms with Gasteiger partial charge in [-0.25, -0.2) is 4.98 Å². The second kappa shape index (κ2) is 4.45. The zero-order chi connectivity index (χ0) is 14.4. The van der Waals surface area contributed by atoms with Gasteiger partial charge in [0.2, 0.25) is 5.91 Å². The standard InChI is InChI=1S/C17H19N3O/c1-17(8-9-17)16(21)20-10-7-13-14(11-20)19-15(18-13)12-5-3-2-4-6-12/h2-6H,7-11H2,1H3,(H,18,19). The first kappa shape index (κ1) is 12.6. The molecule has 0 spiro atoms. The molecule has 1 amide bonds. The molecule has 0 atom stereocenters. The van der Waals surface area contributed by atoms with Crippen molar-refractivity contribution < 1.29 is 4.79 Å². The molecule has 1 fully saturated rings. The number of aromatic amines is 1. The minimum Gasteiger partial charge on any atom is -0.340 e. The second-order valence-corrected chi connectivity index (χ2v) is 6.41. The summed E-state index contributed by atoms with van der Waals surface area (Å²) in [6, 6.07) is 10.1. The van der Waals surface area contributed by atoms with Gasteiger partial charge >= 0.3 is 0 Å². The van der Waals surface area contributed by atoms with Crippen molar-refractivity contribution in [1.29, 1.82) is 0 Å². The highest BCUT2D eigenvalue weighted by atomic mass is 16.2. The minimum absolute atomic E-state index is 0.0835. The smallest absolute Gasteiger partial charge is 0.228 e. The van der Waals surface area contributed by atoms with Gasteiger partial charge in [-0.15, -0.1) is 0 Å². The van der Waals surface area contributed by atoms with E-state index in [0.717, 1.165) is 48.6 Å². The van der Waals surface area contributed by atoms with E-state index in [1.165, 1.54) is 0 Å². The van der Waals surface area contributed by atoms with Crippen molar-refractivity contribution in [3.8, 4) is 11.4 Å². The molecule has 1 N–H and O–H groups in total. The lowest BCUT2D eigenvalue weighted by Crippen LogP contribution is -2.39. The highest BCUT2D eigenvalue weighted by Crippen LogP contribution is 2.47. The van der Waals surface area contributed by atoms with Crippen LogP contribution in [-0.2, 0) is 17.8 Å². The largest absolute Gasteiger partial charge is 0.340 e. The predicted molar refractivity (Wildman–Crippen MR) is 80.5 cm³/mol. The summed E-state index contributed by atoms with van der Waals surface area (Å²) >= 11 is 0. The molecule has 0 saturated heterocycles. The Morgan fingerprint density at radius 1 is 1.29 bits per heavy atom. The number of fused-ring (bicyclic) bond motifs is 1.